The number of fused-ring (bicyclic) bond motifs is 1. The van der Waals surface area contributed by atoms with E-state index < -0.39 is 17.7 Å². The van der Waals surface area contributed by atoms with E-state index in [1.165, 1.54) is 18.2 Å². The van der Waals surface area contributed by atoms with Gasteiger partial charge in [-0.3, -0.25) is 0 Å². The molecule has 2 aromatic heterocycles. The summed E-state index contributed by atoms with van der Waals surface area (Å²) in [7, 11) is 0. The van der Waals surface area contributed by atoms with E-state index in [1.54, 1.807) is 6.07 Å². The van der Waals surface area contributed by atoms with Crippen LogP contribution in [-0.4, -0.2) is 20.4 Å². The van der Waals surface area contributed by atoms with Crippen LogP contribution in [0.15, 0.2) is 24.8 Å². The lowest BCUT2D eigenvalue weighted by molar-refractivity contribution is -0.136. The fourth-order valence-electron chi connectivity index (χ4n) is 3.17. The smallest absolute Gasteiger partial charge is 0.220 e. The molecule has 26 heavy (non-hydrogen) atoms. The van der Waals surface area contributed by atoms with Gasteiger partial charge >= 0.3 is 6.18 Å². The molecule has 3 aromatic rings. The Hall–Kier alpha value is -2.77. The molecule has 2 heterocycles. The van der Waals surface area contributed by atoms with Crippen molar-refractivity contribution in [3.8, 4) is 11.1 Å². The zero-order chi connectivity index (χ0) is 18.5. The highest BCUT2D eigenvalue weighted by molar-refractivity contribution is 5.89. The first-order valence-electron chi connectivity index (χ1n) is 8.11. The summed E-state index contributed by atoms with van der Waals surface area (Å²) in [6, 6.07) is 4.31. The lowest BCUT2D eigenvalue weighted by atomic mass is 9.90. The van der Waals surface area contributed by atoms with Gasteiger partial charge in [-0.25, -0.2) is 4.98 Å². The van der Waals surface area contributed by atoms with Crippen LogP contribution in [0.3, 0.4) is 0 Å². The van der Waals surface area contributed by atoms with E-state index in [0.29, 0.717) is 17.9 Å². The maximum atomic E-state index is 14.6. The third kappa shape index (κ3) is 2.85. The molecule has 1 fully saturated rings. The average molecular weight is 362 g/mol. The maximum absolute atomic E-state index is 14.6. The monoisotopic (exact) mass is 362 g/mol. The van der Waals surface area contributed by atoms with Crippen molar-refractivity contribution in [1.82, 2.24) is 20.4 Å². The van der Waals surface area contributed by atoms with Crippen molar-refractivity contribution < 1.29 is 17.6 Å². The number of hydrogen-bond donors (Lipinski definition) is 1. The summed E-state index contributed by atoms with van der Waals surface area (Å²) >= 11 is 0. The standard InChI is InChI=1S/C18H14F4N4/c1-2-11-5-6-12(17(19)23-11)14-10(7-9-3-4-9)8-13-16(25-26-24-13)15(14)18(20,21)22/h2,5-6,8-9H,1,3-4,7H2,(H,24,25,26). The molecule has 0 atom stereocenters. The van der Waals surface area contributed by atoms with Crippen LogP contribution in [0, 0.1) is 11.9 Å². The van der Waals surface area contributed by atoms with Crippen molar-refractivity contribution in [2.75, 3.05) is 0 Å². The van der Waals surface area contributed by atoms with E-state index in [9.17, 15) is 17.6 Å². The molecule has 0 saturated heterocycles. The molecule has 1 aliphatic carbocycles. The molecule has 0 amide bonds. The first-order chi connectivity index (χ1) is 12.4. The summed E-state index contributed by atoms with van der Waals surface area (Å²) in [4.78, 5) is 3.70. The predicted octanol–water partition coefficient (Wildman–Crippen LogP) is 4.77. The topological polar surface area (TPSA) is 54.5 Å². The van der Waals surface area contributed by atoms with E-state index in [0.717, 1.165) is 12.8 Å². The Labute approximate surface area is 145 Å². The Kier molecular flexibility index (Phi) is 3.78. The van der Waals surface area contributed by atoms with Crippen LogP contribution >= 0.6 is 0 Å². The Bertz CT molecular complexity index is 1000. The average Bonchev–Trinajstić information content (AvgIpc) is 3.27. The van der Waals surface area contributed by atoms with Gasteiger partial charge in [-0.2, -0.15) is 33.0 Å². The Morgan fingerprint density at radius 1 is 1.23 bits per heavy atom. The summed E-state index contributed by atoms with van der Waals surface area (Å²) < 4.78 is 56.3. The fourth-order valence-corrected chi connectivity index (χ4v) is 3.17. The molecule has 0 aliphatic heterocycles. The van der Waals surface area contributed by atoms with Crippen molar-refractivity contribution >= 4 is 17.1 Å². The number of nitrogens with one attached hydrogen (secondary N) is 1. The van der Waals surface area contributed by atoms with Crippen LogP contribution in [-0.2, 0) is 12.6 Å². The predicted molar refractivity (Wildman–Crippen MR) is 88.6 cm³/mol. The zero-order valence-electron chi connectivity index (χ0n) is 13.6. The minimum absolute atomic E-state index is 0.118. The minimum Gasteiger partial charge on any atom is -0.220 e. The van der Waals surface area contributed by atoms with Crippen LogP contribution in [0.1, 0.15) is 29.7 Å². The van der Waals surface area contributed by atoms with Crippen molar-refractivity contribution in [3.63, 3.8) is 0 Å². The SMILES string of the molecule is C=Cc1ccc(-c2c(CC3CC3)cc3n[nH]nc3c2C(F)(F)F)c(F)n1. The molecule has 0 bridgehead atoms. The lowest BCUT2D eigenvalue weighted by Crippen LogP contribution is -2.12. The van der Waals surface area contributed by atoms with Gasteiger partial charge in [-0.1, -0.05) is 6.58 Å². The first kappa shape index (κ1) is 16.7. The summed E-state index contributed by atoms with van der Waals surface area (Å²) in [6.45, 7) is 3.50. The zero-order valence-corrected chi connectivity index (χ0v) is 13.6. The molecular weight excluding hydrogens is 348 g/mol. The van der Waals surface area contributed by atoms with Crippen molar-refractivity contribution in [1.29, 1.82) is 0 Å². The number of aromatic nitrogens is 4. The molecule has 4 nitrogen and oxygen atoms in total. The molecule has 1 N–H and O–H groups in total. The largest absolute Gasteiger partial charge is 0.419 e. The maximum Gasteiger partial charge on any atom is 0.419 e. The number of nitrogens with zero attached hydrogens (tertiary/aromatic N) is 3. The second-order valence-electron chi connectivity index (χ2n) is 6.40. The van der Waals surface area contributed by atoms with Gasteiger partial charge in [0.1, 0.15) is 11.0 Å². The normalized spacial score (nSPS) is 14.8. The number of benzene rings is 1. The summed E-state index contributed by atoms with van der Waals surface area (Å²) in [6.07, 6.45) is -1.04. The Morgan fingerprint density at radius 3 is 2.62 bits per heavy atom. The van der Waals surface area contributed by atoms with E-state index in [2.05, 4.69) is 27.0 Å². The summed E-state index contributed by atoms with van der Waals surface area (Å²) in [5, 5.41) is 9.70. The highest BCUT2D eigenvalue weighted by atomic mass is 19.4. The minimum atomic E-state index is -4.71. The van der Waals surface area contributed by atoms with Gasteiger partial charge in [-0.05, 0) is 55.0 Å². The van der Waals surface area contributed by atoms with Gasteiger partial charge in [-0.15, -0.1) is 0 Å². The highest BCUT2D eigenvalue weighted by Crippen LogP contribution is 2.45. The molecule has 0 spiro atoms. The molecule has 1 aromatic carbocycles. The van der Waals surface area contributed by atoms with E-state index in [-0.39, 0.29) is 27.9 Å². The second kappa shape index (κ2) is 5.89. The van der Waals surface area contributed by atoms with Crippen molar-refractivity contribution in [2.45, 2.75) is 25.4 Å². The molecule has 1 aliphatic rings. The quantitative estimate of drug-likeness (QED) is 0.537. The fraction of sp³-hybridized carbons (Fsp3) is 0.278. The van der Waals surface area contributed by atoms with E-state index in [1.807, 2.05) is 0 Å². The van der Waals surface area contributed by atoms with Gasteiger partial charge < -0.3 is 0 Å². The van der Waals surface area contributed by atoms with Crippen molar-refractivity contribution in [2.24, 2.45) is 5.92 Å². The number of rotatable bonds is 4. The molecule has 134 valence electrons. The van der Waals surface area contributed by atoms with Crippen LogP contribution in [0.5, 0.6) is 0 Å². The van der Waals surface area contributed by atoms with Crippen LogP contribution < -0.4 is 0 Å². The number of pyridine rings is 1. The van der Waals surface area contributed by atoms with Crippen molar-refractivity contribution in [3.05, 3.63) is 47.5 Å². The molecule has 0 radical (unpaired) electrons. The van der Waals surface area contributed by atoms with E-state index >= 15 is 0 Å². The Balaban J connectivity index is 2.05. The third-order valence-electron chi connectivity index (χ3n) is 4.53. The molecular formula is C18H14F4N4. The summed E-state index contributed by atoms with van der Waals surface area (Å²) in [5.74, 6) is -0.657. The Morgan fingerprint density at radius 2 is 2.00 bits per heavy atom. The second-order valence-corrected chi connectivity index (χ2v) is 6.40. The number of halogens is 4. The third-order valence-corrected chi connectivity index (χ3v) is 4.53. The number of hydrogen-bond acceptors (Lipinski definition) is 3. The molecule has 0 unspecified atom stereocenters. The van der Waals surface area contributed by atoms with Gasteiger partial charge in [0.25, 0.3) is 0 Å². The highest BCUT2D eigenvalue weighted by Gasteiger charge is 2.40. The lowest BCUT2D eigenvalue weighted by Gasteiger charge is -2.18. The number of alkyl halides is 3. The van der Waals surface area contributed by atoms with Crippen LogP contribution in [0.4, 0.5) is 17.6 Å². The van der Waals surface area contributed by atoms with Gasteiger partial charge in [0.05, 0.1) is 11.3 Å². The number of aromatic amines is 1. The van der Waals surface area contributed by atoms with Crippen LogP contribution in [0.25, 0.3) is 28.2 Å². The van der Waals surface area contributed by atoms with Crippen LogP contribution in [0.2, 0.25) is 0 Å². The first-order valence-corrected chi connectivity index (χ1v) is 8.11. The molecule has 4 rings (SSSR count). The van der Waals surface area contributed by atoms with Gasteiger partial charge in [0, 0.05) is 11.1 Å². The van der Waals surface area contributed by atoms with E-state index in [4.69, 9.17) is 0 Å². The van der Waals surface area contributed by atoms with Gasteiger partial charge in [0.15, 0.2) is 0 Å². The molecule has 1 saturated carbocycles. The molecule has 8 heteroatoms. The summed E-state index contributed by atoms with van der Waals surface area (Å²) in [5.41, 5.74) is -0.910. The van der Waals surface area contributed by atoms with Gasteiger partial charge in [0.2, 0.25) is 5.95 Å². The number of H-pyrrole nitrogens is 1.